The molecule has 2 aromatic heterocycles. The van der Waals surface area contributed by atoms with Gasteiger partial charge in [-0.15, -0.1) is 0 Å². The number of carbonyl (C=O) groups excluding carboxylic acids is 1. The topological polar surface area (TPSA) is 87.2 Å². The smallest absolute Gasteiger partial charge is 0.419 e. The molecule has 0 spiro atoms. The molecule has 2 heterocycles. The molecule has 0 atom stereocenters. The van der Waals surface area contributed by atoms with Crippen LogP contribution in [0.3, 0.4) is 0 Å². The van der Waals surface area contributed by atoms with Gasteiger partial charge in [0.25, 0.3) is 0 Å². The number of benzene rings is 2. The highest BCUT2D eigenvalue weighted by atomic mass is 16.5. The van der Waals surface area contributed by atoms with Crippen LogP contribution in [0.5, 0.6) is 0 Å². The van der Waals surface area contributed by atoms with Gasteiger partial charge in [0.05, 0.1) is 34.4 Å². The molecule has 136 valence electrons. The van der Waals surface area contributed by atoms with Crippen molar-refractivity contribution in [3.63, 3.8) is 0 Å². The van der Waals surface area contributed by atoms with Crippen molar-refractivity contribution in [2.75, 3.05) is 0 Å². The predicted octanol–water partition coefficient (Wildman–Crippen LogP) is 2.98. The van der Waals surface area contributed by atoms with E-state index in [-0.39, 0.29) is 19.6 Å². The Morgan fingerprint density at radius 2 is 1.78 bits per heavy atom. The third-order valence-corrected chi connectivity index (χ3v) is 4.33. The Kier molecular flexibility index (Phi) is 4.42. The van der Waals surface area contributed by atoms with Crippen LogP contribution in [-0.4, -0.2) is 20.5 Å². The molecule has 27 heavy (non-hydrogen) atoms. The van der Waals surface area contributed by atoms with Gasteiger partial charge in [-0.2, -0.15) is 0 Å². The highest BCUT2D eigenvalue weighted by molar-refractivity contribution is 5.75. The molecule has 7 nitrogen and oxygen atoms in total. The Morgan fingerprint density at radius 1 is 1.07 bits per heavy atom. The number of ether oxygens (including phenoxy) is 1. The lowest BCUT2D eigenvalue weighted by molar-refractivity contribution is -0.145. The number of hydrogen-bond donors (Lipinski definition) is 0. The summed E-state index contributed by atoms with van der Waals surface area (Å²) < 4.78 is 11.9. The van der Waals surface area contributed by atoms with E-state index >= 15 is 0 Å². The van der Waals surface area contributed by atoms with Crippen LogP contribution in [0.15, 0.2) is 57.7 Å². The molecule has 4 aromatic rings. The number of hydrogen-bond acceptors (Lipinski definition) is 6. The normalized spacial score (nSPS) is 11.1. The molecule has 0 aliphatic rings. The Bertz CT molecular complexity index is 1190. The first-order valence-electron chi connectivity index (χ1n) is 8.58. The summed E-state index contributed by atoms with van der Waals surface area (Å²) in [6, 6.07) is 14.6. The summed E-state index contributed by atoms with van der Waals surface area (Å²) in [6.45, 7) is 2.07. The predicted molar refractivity (Wildman–Crippen MR) is 99.2 cm³/mol. The van der Waals surface area contributed by atoms with E-state index in [1.165, 1.54) is 4.57 Å². The SMILES string of the molecule is Cc1nc2ccccc2nc1COC(=O)CCn1c(=O)oc2ccccc21. The van der Waals surface area contributed by atoms with Crippen molar-refractivity contribution in [3.8, 4) is 0 Å². The highest BCUT2D eigenvalue weighted by Gasteiger charge is 2.12. The van der Waals surface area contributed by atoms with Crippen molar-refractivity contribution in [2.45, 2.75) is 26.5 Å². The molecule has 0 bridgehead atoms. The minimum atomic E-state index is -0.486. The standard InChI is InChI=1S/C20H17N3O4/c1-13-16(22-15-7-3-2-6-14(15)21-13)12-26-19(24)10-11-23-17-8-4-5-9-18(17)27-20(23)25/h2-9H,10-12H2,1H3. The maximum absolute atomic E-state index is 12.1. The summed E-state index contributed by atoms with van der Waals surface area (Å²) in [5, 5.41) is 0. The second kappa shape index (κ2) is 7.03. The second-order valence-corrected chi connectivity index (χ2v) is 6.14. The second-order valence-electron chi connectivity index (χ2n) is 6.14. The Labute approximate surface area is 154 Å². The van der Waals surface area contributed by atoms with Gasteiger partial charge in [-0.05, 0) is 31.2 Å². The van der Waals surface area contributed by atoms with Crippen LogP contribution in [-0.2, 0) is 22.7 Å². The van der Waals surface area contributed by atoms with Crippen LogP contribution in [0.2, 0.25) is 0 Å². The van der Waals surface area contributed by atoms with Crippen molar-refractivity contribution in [2.24, 2.45) is 0 Å². The van der Waals surface area contributed by atoms with Crippen LogP contribution in [0.25, 0.3) is 22.1 Å². The minimum absolute atomic E-state index is 0.0452. The van der Waals surface area contributed by atoms with Gasteiger partial charge in [0.1, 0.15) is 6.61 Å². The highest BCUT2D eigenvalue weighted by Crippen LogP contribution is 2.14. The first kappa shape index (κ1) is 17.0. The monoisotopic (exact) mass is 363 g/mol. The average molecular weight is 363 g/mol. The molecule has 0 N–H and O–H groups in total. The van der Waals surface area contributed by atoms with E-state index in [1.807, 2.05) is 37.3 Å². The van der Waals surface area contributed by atoms with Crippen LogP contribution < -0.4 is 5.76 Å². The van der Waals surface area contributed by atoms with Gasteiger partial charge in [-0.25, -0.2) is 14.8 Å². The molecule has 2 aromatic carbocycles. The number of aromatic nitrogens is 3. The first-order valence-corrected chi connectivity index (χ1v) is 8.58. The van der Waals surface area contributed by atoms with Gasteiger partial charge in [-0.3, -0.25) is 9.36 Å². The van der Waals surface area contributed by atoms with Crippen LogP contribution >= 0.6 is 0 Å². The molecule has 0 amide bonds. The summed E-state index contributed by atoms with van der Waals surface area (Å²) >= 11 is 0. The van der Waals surface area contributed by atoms with Gasteiger partial charge in [0, 0.05) is 6.54 Å². The Hall–Kier alpha value is -3.48. The van der Waals surface area contributed by atoms with Gasteiger partial charge < -0.3 is 9.15 Å². The number of para-hydroxylation sites is 4. The third-order valence-electron chi connectivity index (χ3n) is 4.33. The van der Waals surface area contributed by atoms with Crippen LogP contribution in [0, 0.1) is 6.92 Å². The molecular formula is C20H17N3O4. The summed E-state index contributed by atoms with van der Waals surface area (Å²) in [5.41, 5.74) is 4.05. The van der Waals surface area contributed by atoms with Gasteiger partial charge in [0.2, 0.25) is 0 Å². The zero-order valence-corrected chi connectivity index (χ0v) is 14.7. The van der Waals surface area contributed by atoms with E-state index in [0.29, 0.717) is 16.8 Å². The van der Waals surface area contributed by atoms with Gasteiger partial charge >= 0.3 is 11.7 Å². The van der Waals surface area contributed by atoms with E-state index < -0.39 is 11.7 Å². The molecule has 0 radical (unpaired) electrons. The quantitative estimate of drug-likeness (QED) is 0.507. The lowest BCUT2D eigenvalue weighted by Gasteiger charge is -2.08. The molecule has 0 aliphatic carbocycles. The molecule has 7 heteroatoms. The molecule has 4 rings (SSSR count). The molecule has 0 saturated carbocycles. The van der Waals surface area contributed by atoms with Crippen LogP contribution in [0.1, 0.15) is 17.8 Å². The van der Waals surface area contributed by atoms with Gasteiger partial charge in [-0.1, -0.05) is 24.3 Å². The third kappa shape index (κ3) is 3.44. The number of rotatable bonds is 5. The largest absolute Gasteiger partial charge is 0.459 e. The van der Waals surface area contributed by atoms with Crippen molar-refractivity contribution in [3.05, 3.63) is 70.5 Å². The van der Waals surface area contributed by atoms with Crippen molar-refractivity contribution in [1.29, 1.82) is 0 Å². The van der Waals surface area contributed by atoms with E-state index in [0.717, 1.165) is 16.7 Å². The van der Waals surface area contributed by atoms with Crippen molar-refractivity contribution >= 4 is 28.1 Å². The lowest BCUT2D eigenvalue weighted by atomic mass is 10.2. The number of aryl methyl sites for hydroxylation is 2. The van der Waals surface area contributed by atoms with Crippen molar-refractivity contribution in [1.82, 2.24) is 14.5 Å². The van der Waals surface area contributed by atoms with Gasteiger partial charge in [0.15, 0.2) is 5.58 Å². The molecule has 0 saturated heterocycles. The minimum Gasteiger partial charge on any atom is -0.459 e. The van der Waals surface area contributed by atoms with E-state index in [2.05, 4.69) is 9.97 Å². The van der Waals surface area contributed by atoms with E-state index in [1.54, 1.807) is 18.2 Å². The molecule has 0 aliphatic heterocycles. The zero-order chi connectivity index (χ0) is 18.8. The van der Waals surface area contributed by atoms with Crippen LogP contribution in [0.4, 0.5) is 0 Å². The fourth-order valence-electron chi connectivity index (χ4n) is 2.91. The molecule has 0 fully saturated rings. The Balaban J connectivity index is 1.42. The number of esters is 1. The van der Waals surface area contributed by atoms with E-state index in [4.69, 9.17) is 9.15 Å². The summed E-state index contributed by atoms with van der Waals surface area (Å²) in [6.07, 6.45) is 0.0590. The maximum Gasteiger partial charge on any atom is 0.419 e. The summed E-state index contributed by atoms with van der Waals surface area (Å²) in [7, 11) is 0. The lowest BCUT2D eigenvalue weighted by Crippen LogP contribution is -2.17. The zero-order valence-electron chi connectivity index (χ0n) is 14.7. The van der Waals surface area contributed by atoms with Crippen molar-refractivity contribution < 1.29 is 13.9 Å². The fraction of sp³-hybridized carbons (Fsp3) is 0.200. The fourth-order valence-corrected chi connectivity index (χ4v) is 2.91. The average Bonchev–Trinajstić information content (AvgIpc) is 2.99. The summed E-state index contributed by atoms with van der Waals surface area (Å²) in [5.74, 6) is -0.901. The Morgan fingerprint density at radius 3 is 2.59 bits per heavy atom. The number of nitrogens with zero attached hydrogens (tertiary/aromatic N) is 3. The number of carbonyl (C=O) groups is 1. The number of fused-ring (bicyclic) bond motifs is 2. The first-order chi connectivity index (χ1) is 13.1. The van der Waals surface area contributed by atoms with E-state index in [9.17, 15) is 9.59 Å². The maximum atomic E-state index is 12.1. The molecular weight excluding hydrogens is 346 g/mol. The summed E-state index contributed by atoms with van der Waals surface area (Å²) in [4.78, 5) is 33.0. The number of oxazole rings is 1. The molecule has 0 unspecified atom stereocenters.